The van der Waals surface area contributed by atoms with Crippen LogP contribution in [0.1, 0.15) is 45.2 Å². The summed E-state index contributed by atoms with van der Waals surface area (Å²) in [7, 11) is 0. The molecule has 0 saturated heterocycles. The van der Waals surface area contributed by atoms with Crippen molar-refractivity contribution >= 4 is 17.3 Å². The maximum Gasteiger partial charge on any atom is 0.191 e. The molecule has 0 radical (unpaired) electrons. The fourth-order valence-corrected chi connectivity index (χ4v) is 3.09. The fraction of sp³-hybridized carbons (Fsp3) is 0.750. The zero-order chi connectivity index (χ0) is 16.5. The summed E-state index contributed by atoms with van der Waals surface area (Å²) in [4.78, 5) is 12.6. The molecule has 22 heavy (non-hydrogen) atoms. The summed E-state index contributed by atoms with van der Waals surface area (Å²) in [5.41, 5.74) is 2.96. The maximum atomic E-state index is 4.65. The number of aliphatic imine (C=N–C) groups is 1. The van der Waals surface area contributed by atoms with E-state index >= 15 is 0 Å². The summed E-state index contributed by atoms with van der Waals surface area (Å²) in [5.74, 6) is 0.878. The van der Waals surface area contributed by atoms with Crippen LogP contribution < -0.4 is 10.6 Å². The topological polar surface area (TPSA) is 52.6 Å². The molecule has 0 bridgehead atoms. The largest absolute Gasteiger partial charge is 0.357 e. The van der Waals surface area contributed by atoms with Crippen LogP contribution in [0.5, 0.6) is 0 Å². The van der Waals surface area contributed by atoms with Crippen LogP contribution in [0.15, 0.2) is 10.5 Å². The van der Waals surface area contributed by atoms with Crippen molar-refractivity contribution in [1.82, 2.24) is 20.5 Å². The molecule has 2 N–H and O–H groups in total. The Morgan fingerprint density at radius 1 is 1.27 bits per heavy atom. The van der Waals surface area contributed by atoms with Gasteiger partial charge >= 0.3 is 0 Å². The Hall–Kier alpha value is -1.14. The molecule has 126 valence electrons. The summed E-state index contributed by atoms with van der Waals surface area (Å²) in [5, 5.41) is 6.73. The highest BCUT2D eigenvalue weighted by atomic mass is 32.1. The van der Waals surface area contributed by atoms with Crippen LogP contribution in [-0.4, -0.2) is 47.6 Å². The Kier molecular flexibility index (Phi) is 8.42. The second-order valence-corrected chi connectivity index (χ2v) is 6.85. The molecule has 0 amide bonds. The van der Waals surface area contributed by atoms with E-state index in [1.54, 1.807) is 11.3 Å². The quantitative estimate of drug-likeness (QED) is 0.570. The van der Waals surface area contributed by atoms with Crippen molar-refractivity contribution < 1.29 is 0 Å². The van der Waals surface area contributed by atoms with E-state index in [4.69, 9.17) is 0 Å². The Morgan fingerprint density at radius 3 is 2.45 bits per heavy atom. The predicted octanol–water partition coefficient (Wildman–Crippen LogP) is 2.63. The van der Waals surface area contributed by atoms with Crippen LogP contribution in [-0.2, 0) is 6.54 Å². The molecule has 0 spiro atoms. The van der Waals surface area contributed by atoms with Gasteiger partial charge in [-0.05, 0) is 41.5 Å². The Labute approximate surface area is 139 Å². The van der Waals surface area contributed by atoms with Crippen molar-refractivity contribution in [2.75, 3.05) is 19.6 Å². The van der Waals surface area contributed by atoms with E-state index in [9.17, 15) is 0 Å². The molecule has 0 aliphatic heterocycles. The molecule has 6 heteroatoms. The number of nitrogens with zero attached hydrogens (tertiary/aromatic N) is 3. The number of nitrogens with one attached hydrogen (secondary N) is 2. The number of rotatable bonds is 8. The van der Waals surface area contributed by atoms with Crippen LogP contribution in [0.4, 0.5) is 0 Å². The normalized spacial score (nSPS) is 12.5. The minimum Gasteiger partial charge on any atom is -0.357 e. The van der Waals surface area contributed by atoms with Crippen molar-refractivity contribution in [3.8, 4) is 0 Å². The third-order valence-corrected chi connectivity index (χ3v) is 4.48. The van der Waals surface area contributed by atoms with Gasteiger partial charge in [0, 0.05) is 36.6 Å². The van der Waals surface area contributed by atoms with Crippen molar-refractivity contribution in [2.24, 2.45) is 4.99 Å². The summed E-state index contributed by atoms with van der Waals surface area (Å²) in [6.45, 7) is 16.5. The van der Waals surface area contributed by atoms with Gasteiger partial charge in [-0.1, -0.05) is 0 Å². The monoisotopic (exact) mass is 325 g/mol. The molecule has 1 rings (SSSR count). The highest BCUT2D eigenvalue weighted by Crippen LogP contribution is 2.12. The Balaban J connectivity index is 2.51. The molecule has 0 saturated carbocycles. The summed E-state index contributed by atoms with van der Waals surface area (Å²) in [6.07, 6.45) is 0. The van der Waals surface area contributed by atoms with E-state index in [0.717, 1.165) is 31.3 Å². The van der Waals surface area contributed by atoms with Crippen LogP contribution in [0.25, 0.3) is 0 Å². The van der Waals surface area contributed by atoms with Gasteiger partial charge in [0.1, 0.15) is 0 Å². The first kappa shape index (κ1) is 18.9. The average molecular weight is 326 g/mol. The summed E-state index contributed by atoms with van der Waals surface area (Å²) < 4.78 is 0. The highest BCUT2D eigenvalue weighted by Gasteiger charge is 2.12. The van der Waals surface area contributed by atoms with Gasteiger partial charge in [0.15, 0.2) is 5.96 Å². The lowest BCUT2D eigenvalue weighted by molar-refractivity contribution is 0.178. The number of thiazole rings is 1. The van der Waals surface area contributed by atoms with Gasteiger partial charge in [-0.3, -0.25) is 4.90 Å². The van der Waals surface area contributed by atoms with Gasteiger partial charge in [0.2, 0.25) is 0 Å². The fourth-order valence-electron chi connectivity index (χ4n) is 2.39. The zero-order valence-electron chi connectivity index (χ0n) is 14.8. The van der Waals surface area contributed by atoms with E-state index in [1.165, 1.54) is 4.88 Å². The second-order valence-electron chi connectivity index (χ2n) is 5.91. The minimum absolute atomic E-state index is 0.557. The standard InChI is InChI=1S/C16H31N5S/c1-7-17-16(19-10-15-14(6)20-11-22-15)18-8-9-21(12(2)3)13(4)5/h11-13H,7-10H2,1-6H3,(H2,17,18,19). The number of aromatic nitrogens is 1. The van der Waals surface area contributed by atoms with Crippen LogP contribution >= 0.6 is 11.3 Å². The molecular weight excluding hydrogens is 294 g/mol. The molecule has 0 atom stereocenters. The van der Waals surface area contributed by atoms with E-state index in [0.29, 0.717) is 18.6 Å². The number of guanidine groups is 1. The first-order valence-electron chi connectivity index (χ1n) is 8.12. The molecule has 0 unspecified atom stereocenters. The van der Waals surface area contributed by atoms with Crippen molar-refractivity contribution in [3.05, 3.63) is 16.1 Å². The smallest absolute Gasteiger partial charge is 0.191 e. The molecule has 1 aromatic rings. The molecule has 0 aromatic carbocycles. The van der Waals surface area contributed by atoms with Gasteiger partial charge in [-0.25, -0.2) is 9.98 Å². The first-order chi connectivity index (χ1) is 10.5. The molecule has 5 nitrogen and oxygen atoms in total. The predicted molar refractivity (Wildman–Crippen MR) is 96.6 cm³/mol. The van der Waals surface area contributed by atoms with Crippen LogP contribution in [0, 0.1) is 6.92 Å². The maximum absolute atomic E-state index is 4.65. The zero-order valence-corrected chi connectivity index (χ0v) is 15.6. The van der Waals surface area contributed by atoms with Crippen molar-refractivity contribution in [2.45, 2.75) is 60.2 Å². The molecule has 0 aliphatic carbocycles. The molecular formula is C16H31N5S. The number of aryl methyl sites for hydroxylation is 1. The van der Waals surface area contributed by atoms with Crippen molar-refractivity contribution in [3.63, 3.8) is 0 Å². The van der Waals surface area contributed by atoms with Crippen molar-refractivity contribution in [1.29, 1.82) is 0 Å². The molecule has 1 aromatic heterocycles. The summed E-state index contributed by atoms with van der Waals surface area (Å²) >= 11 is 1.66. The Morgan fingerprint density at radius 2 is 1.95 bits per heavy atom. The van der Waals surface area contributed by atoms with Gasteiger partial charge < -0.3 is 10.6 Å². The highest BCUT2D eigenvalue weighted by molar-refractivity contribution is 7.09. The molecule has 0 fully saturated rings. The third-order valence-electron chi connectivity index (χ3n) is 3.56. The van der Waals surface area contributed by atoms with E-state index in [1.807, 2.05) is 12.4 Å². The van der Waals surface area contributed by atoms with E-state index < -0.39 is 0 Å². The SMILES string of the molecule is CCNC(=NCc1scnc1C)NCCN(C(C)C)C(C)C. The Bertz CT molecular complexity index is 445. The van der Waals surface area contributed by atoms with Gasteiger partial charge in [0.25, 0.3) is 0 Å². The van der Waals surface area contributed by atoms with E-state index in [2.05, 4.69) is 60.1 Å². The number of hydrogen-bond donors (Lipinski definition) is 2. The van der Waals surface area contributed by atoms with Gasteiger partial charge in [0.05, 0.1) is 17.7 Å². The summed E-state index contributed by atoms with van der Waals surface area (Å²) in [6, 6.07) is 1.11. The first-order valence-corrected chi connectivity index (χ1v) is 9.00. The van der Waals surface area contributed by atoms with Gasteiger partial charge in [-0.2, -0.15) is 0 Å². The molecule has 0 aliphatic rings. The lowest BCUT2D eigenvalue weighted by Gasteiger charge is -2.30. The van der Waals surface area contributed by atoms with Crippen LogP contribution in [0.3, 0.4) is 0 Å². The lowest BCUT2D eigenvalue weighted by Crippen LogP contribution is -2.45. The van der Waals surface area contributed by atoms with E-state index in [-0.39, 0.29) is 0 Å². The third kappa shape index (κ3) is 6.32. The van der Waals surface area contributed by atoms with Crippen LogP contribution in [0.2, 0.25) is 0 Å². The minimum atomic E-state index is 0.557. The second kappa shape index (κ2) is 9.79. The lowest BCUT2D eigenvalue weighted by atomic mass is 10.2. The molecule has 1 heterocycles. The number of hydrogen-bond acceptors (Lipinski definition) is 4. The van der Waals surface area contributed by atoms with Gasteiger partial charge in [-0.15, -0.1) is 11.3 Å². The average Bonchev–Trinajstić information content (AvgIpc) is 2.85.